The molecular weight excluding hydrogens is 264 g/mol. The van der Waals surface area contributed by atoms with Crippen LogP contribution in [0.1, 0.15) is 15.9 Å². The first kappa shape index (κ1) is 13.1. The number of benzene rings is 1. The highest BCUT2D eigenvalue weighted by molar-refractivity contribution is 6.06. The number of nitrogens with zero attached hydrogens (tertiary/aromatic N) is 4. The van der Waals surface area contributed by atoms with Crippen molar-refractivity contribution in [1.29, 1.82) is 0 Å². The molecule has 0 aliphatic rings. The van der Waals surface area contributed by atoms with Gasteiger partial charge in [-0.15, -0.1) is 0 Å². The minimum Gasteiger partial charge on any atom is -0.306 e. The molecule has 0 spiro atoms. The van der Waals surface area contributed by atoms with E-state index in [0.717, 1.165) is 11.3 Å². The minimum absolute atomic E-state index is 0.0314. The molecule has 2 heterocycles. The summed E-state index contributed by atoms with van der Waals surface area (Å²) in [6, 6.07) is 7.41. The Morgan fingerprint density at radius 1 is 1.24 bits per heavy atom. The second-order valence-electron chi connectivity index (χ2n) is 4.66. The Balaban J connectivity index is 1.74. The van der Waals surface area contributed by atoms with Gasteiger partial charge in [0, 0.05) is 42.5 Å². The predicted octanol–water partition coefficient (Wildman–Crippen LogP) is 2.50. The van der Waals surface area contributed by atoms with E-state index in [1.165, 1.54) is 0 Å². The maximum Gasteiger partial charge on any atom is 0.185 e. The Morgan fingerprint density at radius 3 is 2.67 bits per heavy atom. The van der Waals surface area contributed by atoms with Crippen LogP contribution in [0.3, 0.4) is 0 Å². The van der Waals surface area contributed by atoms with Crippen LogP contribution >= 0.6 is 0 Å². The van der Waals surface area contributed by atoms with Gasteiger partial charge in [-0.2, -0.15) is 5.10 Å². The molecule has 0 unspecified atom stereocenters. The average Bonchev–Trinajstić information content (AvgIpc) is 3.16. The van der Waals surface area contributed by atoms with E-state index in [2.05, 4.69) is 10.1 Å². The number of allylic oxidation sites excluding steroid dienone is 1. The molecule has 3 rings (SSSR count). The molecule has 0 aliphatic heterocycles. The van der Waals surface area contributed by atoms with Crippen molar-refractivity contribution >= 4 is 11.9 Å². The standard InChI is InChI=1S/C16H14N4O/c1-19-11-13(10-18-19)2-7-16(21)14-3-5-15(6-4-14)20-9-8-17-12-20/h2-12H,1H3/b7-2+. The topological polar surface area (TPSA) is 52.7 Å². The van der Waals surface area contributed by atoms with Gasteiger partial charge in [0.15, 0.2) is 5.78 Å². The lowest BCUT2D eigenvalue weighted by Gasteiger charge is -2.02. The lowest BCUT2D eigenvalue weighted by atomic mass is 10.1. The Morgan fingerprint density at radius 2 is 2.05 bits per heavy atom. The van der Waals surface area contributed by atoms with Crippen LogP contribution in [-0.2, 0) is 7.05 Å². The van der Waals surface area contributed by atoms with E-state index in [1.807, 2.05) is 48.3 Å². The van der Waals surface area contributed by atoms with Gasteiger partial charge in [0.05, 0.1) is 12.5 Å². The normalized spacial score (nSPS) is 11.1. The number of ketones is 1. The molecule has 5 nitrogen and oxygen atoms in total. The van der Waals surface area contributed by atoms with Crippen LogP contribution in [-0.4, -0.2) is 25.1 Å². The van der Waals surface area contributed by atoms with Crippen molar-refractivity contribution in [3.8, 4) is 5.69 Å². The van der Waals surface area contributed by atoms with Crippen molar-refractivity contribution in [2.75, 3.05) is 0 Å². The van der Waals surface area contributed by atoms with Crippen LogP contribution in [0.4, 0.5) is 0 Å². The van der Waals surface area contributed by atoms with Gasteiger partial charge in [0.1, 0.15) is 0 Å². The van der Waals surface area contributed by atoms with E-state index < -0.39 is 0 Å². The van der Waals surface area contributed by atoms with E-state index in [-0.39, 0.29) is 5.78 Å². The zero-order valence-corrected chi connectivity index (χ0v) is 11.5. The van der Waals surface area contributed by atoms with Crippen LogP contribution in [0.15, 0.2) is 61.5 Å². The summed E-state index contributed by atoms with van der Waals surface area (Å²) in [4.78, 5) is 16.1. The van der Waals surface area contributed by atoms with Crippen LogP contribution < -0.4 is 0 Å². The highest BCUT2D eigenvalue weighted by atomic mass is 16.1. The first-order chi connectivity index (χ1) is 10.2. The quantitative estimate of drug-likeness (QED) is 0.544. The van der Waals surface area contributed by atoms with Crippen LogP contribution in [0.5, 0.6) is 0 Å². The number of aryl methyl sites for hydroxylation is 1. The highest BCUT2D eigenvalue weighted by Crippen LogP contribution is 2.11. The van der Waals surface area contributed by atoms with E-state index in [0.29, 0.717) is 5.56 Å². The van der Waals surface area contributed by atoms with Gasteiger partial charge in [-0.3, -0.25) is 9.48 Å². The largest absolute Gasteiger partial charge is 0.306 e. The Hall–Kier alpha value is -2.95. The molecular formula is C16H14N4O. The molecule has 1 aromatic carbocycles. The van der Waals surface area contributed by atoms with Crippen LogP contribution in [0.2, 0.25) is 0 Å². The van der Waals surface area contributed by atoms with Crippen molar-refractivity contribution in [3.63, 3.8) is 0 Å². The molecule has 0 N–H and O–H groups in total. The van der Waals surface area contributed by atoms with Gasteiger partial charge >= 0.3 is 0 Å². The fourth-order valence-corrected chi connectivity index (χ4v) is 2.00. The molecule has 0 fully saturated rings. The van der Waals surface area contributed by atoms with Gasteiger partial charge in [0.25, 0.3) is 0 Å². The Kier molecular flexibility index (Phi) is 3.47. The number of hydrogen-bond acceptors (Lipinski definition) is 3. The smallest absolute Gasteiger partial charge is 0.185 e. The molecule has 3 aromatic rings. The van der Waals surface area contributed by atoms with Crippen molar-refractivity contribution in [2.24, 2.45) is 7.05 Å². The third-order valence-electron chi connectivity index (χ3n) is 3.11. The molecule has 0 saturated heterocycles. The Labute approximate surface area is 122 Å². The third kappa shape index (κ3) is 2.97. The second kappa shape index (κ2) is 5.58. The summed E-state index contributed by atoms with van der Waals surface area (Å²) in [5.74, 6) is -0.0314. The average molecular weight is 278 g/mol. The monoisotopic (exact) mass is 278 g/mol. The van der Waals surface area contributed by atoms with Gasteiger partial charge in [0.2, 0.25) is 0 Å². The molecule has 0 bridgehead atoms. The lowest BCUT2D eigenvalue weighted by Crippen LogP contribution is -1.96. The number of carbonyl (C=O) groups is 1. The summed E-state index contributed by atoms with van der Waals surface area (Å²) in [6.45, 7) is 0. The van der Waals surface area contributed by atoms with E-state index in [1.54, 1.807) is 35.6 Å². The van der Waals surface area contributed by atoms with E-state index in [4.69, 9.17) is 0 Å². The van der Waals surface area contributed by atoms with Crippen LogP contribution in [0, 0.1) is 0 Å². The number of carbonyl (C=O) groups excluding carboxylic acids is 1. The predicted molar refractivity (Wildman–Crippen MR) is 80.1 cm³/mol. The molecule has 0 saturated carbocycles. The number of aromatic nitrogens is 4. The van der Waals surface area contributed by atoms with Gasteiger partial charge in [-0.25, -0.2) is 4.98 Å². The first-order valence-corrected chi connectivity index (χ1v) is 6.52. The number of imidazole rings is 1. The summed E-state index contributed by atoms with van der Waals surface area (Å²) < 4.78 is 3.59. The zero-order chi connectivity index (χ0) is 14.7. The maximum absolute atomic E-state index is 12.1. The fraction of sp³-hybridized carbons (Fsp3) is 0.0625. The summed E-state index contributed by atoms with van der Waals surface area (Å²) in [7, 11) is 1.84. The summed E-state index contributed by atoms with van der Waals surface area (Å²) in [5, 5.41) is 4.05. The summed E-state index contributed by atoms with van der Waals surface area (Å²) >= 11 is 0. The second-order valence-corrected chi connectivity index (χ2v) is 4.66. The van der Waals surface area contributed by atoms with Crippen molar-refractivity contribution in [1.82, 2.24) is 19.3 Å². The lowest BCUT2D eigenvalue weighted by molar-refractivity contribution is 0.104. The minimum atomic E-state index is -0.0314. The molecule has 0 radical (unpaired) electrons. The molecule has 5 heteroatoms. The van der Waals surface area contributed by atoms with E-state index in [9.17, 15) is 4.79 Å². The highest BCUT2D eigenvalue weighted by Gasteiger charge is 2.03. The third-order valence-corrected chi connectivity index (χ3v) is 3.11. The SMILES string of the molecule is Cn1cc(/C=C/C(=O)c2ccc(-n3ccnc3)cc2)cn1. The van der Waals surface area contributed by atoms with Gasteiger partial charge in [-0.1, -0.05) is 0 Å². The van der Waals surface area contributed by atoms with E-state index >= 15 is 0 Å². The maximum atomic E-state index is 12.1. The van der Waals surface area contributed by atoms with Crippen LogP contribution in [0.25, 0.3) is 11.8 Å². The van der Waals surface area contributed by atoms with Crippen molar-refractivity contribution in [2.45, 2.75) is 0 Å². The molecule has 0 aliphatic carbocycles. The van der Waals surface area contributed by atoms with Crippen molar-refractivity contribution in [3.05, 3.63) is 72.6 Å². The molecule has 0 amide bonds. The molecule has 0 atom stereocenters. The molecule has 2 aromatic heterocycles. The summed E-state index contributed by atoms with van der Waals surface area (Å²) in [5.41, 5.74) is 2.53. The van der Waals surface area contributed by atoms with Crippen molar-refractivity contribution < 1.29 is 4.79 Å². The fourth-order valence-electron chi connectivity index (χ4n) is 2.00. The molecule has 21 heavy (non-hydrogen) atoms. The molecule has 104 valence electrons. The summed E-state index contributed by atoms with van der Waals surface area (Å²) in [6.07, 6.45) is 12.2. The van der Waals surface area contributed by atoms with Gasteiger partial charge < -0.3 is 4.57 Å². The zero-order valence-electron chi connectivity index (χ0n) is 11.5. The first-order valence-electron chi connectivity index (χ1n) is 6.52. The number of hydrogen-bond donors (Lipinski definition) is 0. The number of rotatable bonds is 4. The van der Waals surface area contributed by atoms with Gasteiger partial charge in [-0.05, 0) is 36.4 Å². The Bertz CT molecular complexity index is 767.